The molecule has 3 rings (SSSR count). The van der Waals surface area contributed by atoms with Gasteiger partial charge in [0, 0.05) is 31.4 Å². The Labute approximate surface area is 172 Å². The third-order valence-corrected chi connectivity index (χ3v) is 4.54. The average Bonchev–Trinajstić information content (AvgIpc) is 2.73. The van der Waals surface area contributed by atoms with Crippen molar-refractivity contribution in [1.29, 1.82) is 0 Å². The lowest BCUT2D eigenvalue weighted by molar-refractivity contribution is 0.0752. The summed E-state index contributed by atoms with van der Waals surface area (Å²) in [6.45, 7) is 4.14. The number of hydrogen-bond donors (Lipinski definition) is 0. The van der Waals surface area contributed by atoms with Crippen LogP contribution in [-0.4, -0.2) is 41.3 Å². The molecule has 1 aromatic heterocycles. The molecule has 0 unspecified atom stereocenters. The monoisotopic (exact) mass is 389 g/mol. The van der Waals surface area contributed by atoms with Crippen LogP contribution in [0.25, 0.3) is 0 Å². The Morgan fingerprint density at radius 1 is 0.897 bits per heavy atom. The van der Waals surface area contributed by atoms with Crippen molar-refractivity contribution in [2.75, 3.05) is 20.6 Å². The number of rotatable bonds is 8. The second-order valence-electron chi connectivity index (χ2n) is 7.19. The van der Waals surface area contributed by atoms with E-state index in [0.717, 1.165) is 12.1 Å². The molecular formula is C24H27N3O2. The van der Waals surface area contributed by atoms with Gasteiger partial charge in [-0.25, -0.2) is 0 Å². The predicted molar refractivity (Wildman–Crippen MR) is 115 cm³/mol. The zero-order valence-corrected chi connectivity index (χ0v) is 17.2. The molecule has 150 valence electrons. The fraction of sp³-hybridized carbons (Fsp3) is 0.250. The van der Waals surface area contributed by atoms with Crippen molar-refractivity contribution >= 4 is 5.91 Å². The lowest BCUT2D eigenvalue weighted by atomic mass is 10.1. The minimum atomic E-state index is 0.0118. The van der Waals surface area contributed by atoms with Gasteiger partial charge in [-0.2, -0.15) is 0 Å². The minimum absolute atomic E-state index is 0.0118. The van der Waals surface area contributed by atoms with Crippen LogP contribution in [0.5, 0.6) is 11.5 Å². The molecule has 29 heavy (non-hydrogen) atoms. The standard InChI is InChI=1S/C24H27N3O2/c1-4-27(18-20-9-7-19(8-10-20)17-26(2)3)24(28)21-11-13-22(14-12-21)29-23-6-5-15-25-16-23/h5-16H,4,17-18H2,1-3H3. The van der Waals surface area contributed by atoms with Crippen LogP contribution >= 0.6 is 0 Å². The highest BCUT2D eigenvalue weighted by molar-refractivity contribution is 5.94. The first-order valence-electron chi connectivity index (χ1n) is 9.75. The molecule has 0 saturated heterocycles. The number of aromatic nitrogens is 1. The predicted octanol–water partition coefficient (Wildman–Crippen LogP) is 4.60. The van der Waals surface area contributed by atoms with Crippen molar-refractivity contribution in [2.45, 2.75) is 20.0 Å². The van der Waals surface area contributed by atoms with Gasteiger partial charge in [0.2, 0.25) is 0 Å². The summed E-state index contributed by atoms with van der Waals surface area (Å²) in [5, 5.41) is 0. The smallest absolute Gasteiger partial charge is 0.254 e. The number of benzene rings is 2. The molecule has 0 aliphatic heterocycles. The van der Waals surface area contributed by atoms with Crippen molar-refractivity contribution in [3.05, 3.63) is 89.7 Å². The summed E-state index contributed by atoms with van der Waals surface area (Å²) in [4.78, 5) is 20.9. The second-order valence-corrected chi connectivity index (χ2v) is 7.19. The normalized spacial score (nSPS) is 10.8. The highest BCUT2D eigenvalue weighted by Gasteiger charge is 2.15. The van der Waals surface area contributed by atoms with Crippen LogP contribution in [0.1, 0.15) is 28.4 Å². The highest BCUT2D eigenvalue weighted by atomic mass is 16.5. The number of carbonyl (C=O) groups excluding carboxylic acids is 1. The van der Waals surface area contributed by atoms with E-state index < -0.39 is 0 Å². The van der Waals surface area contributed by atoms with Crippen LogP contribution in [0.3, 0.4) is 0 Å². The summed E-state index contributed by atoms with van der Waals surface area (Å²) in [6, 6.07) is 19.3. The summed E-state index contributed by atoms with van der Waals surface area (Å²) in [5.41, 5.74) is 3.03. The molecule has 5 nitrogen and oxygen atoms in total. The van der Waals surface area contributed by atoms with Crippen molar-refractivity contribution in [2.24, 2.45) is 0 Å². The fourth-order valence-electron chi connectivity index (χ4n) is 3.05. The molecule has 0 atom stereocenters. The van der Waals surface area contributed by atoms with Gasteiger partial charge in [-0.3, -0.25) is 9.78 Å². The van der Waals surface area contributed by atoms with Crippen LogP contribution in [0.2, 0.25) is 0 Å². The van der Waals surface area contributed by atoms with Crippen molar-refractivity contribution in [3.63, 3.8) is 0 Å². The molecule has 0 N–H and O–H groups in total. The average molecular weight is 389 g/mol. The summed E-state index contributed by atoms with van der Waals surface area (Å²) < 4.78 is 5.74. The van der Waals surface area contributed by atoms with E-state index in [1.807, 2.05) is 36.1 Å². The van der Waals surface area contributed by atoms with Crippen LogP contribution in [0.4, 0.5) is 0 Å². The third kappa shape index (κ3) is 5.90. The van der Waals surface area contributed by atoms with E-state index in [9.17, 15) is 4.79 Å². The summed E-state index contributed by atoms with van der Waals surface area (Å²) >= 11 is 0. The Morgan fingerprint density at radius 3 is 2.10 bits per heavy atom. The summed E-state index contributed by atoms with van der Waals surface area (Å²) in [6.07, 6.45) is 3.35. The molecule has 0 radical (unpaired) electrons. The van der Waals surface area contributed by atoms with Crippen LogP contribution in [-0.2, 0) is 13.1 Å². The van der Waals surface area contributed by atoms with E-state index in [4.69, 9.17) is 4.74 Å². The summed E-state index contributed by atoms with van der Waals surface area (Å²) in [5.74, 6) is 1.35. The number of amides is 1. The van der Waals surface area contributed by atoms with E-state index in [-0.39, 0.29) is 5.91 Å². The maximum Gasteiger partial charge on any atom is 0.254 e. The van der Waals surface area contributed by atoms with Gasteiger partial charge in [0.1, 0.15) is 11.5 Å². The lowest BCUT2D eigenvalue weighted by Crippen LogP contribution is -2.30. The minimum Gasteiger partial charge on any atom is -0.456 e. The molecule has 3 aromatic rings. The van der Waals surface area contributed by atoms with Crippen LogP contribution < -0.4 is 4.74 Å². The van der Waals surface area contributed by atoms with Crippen molar-refractivity contribution in [1.82, 2.24) is 14.8 Å². The highest BCUT2D eigenvalue weighted by Crippen LogP contribution is 2.21. The van der Waals surface area contributed by atoms with Gasteiger partial charge in [0.25, 0.3) is 5.91 Å². The molecule has 0 fully saturated rings. The largest absolute Gasteiger partial charge is 0.456 e. The van der Waals surface area contributed by atoms with Gasteiger partial charge in [-0.1, -0.05) is 24.3 Å². The molecule has 0 spiro atoms. The van der Waals surface area contributed by atoms with E-state index in [0.29, 0.717) is 30.2 Å². The Morgan fingerprint density at radius 2 is 1.55 bits per heavy atom. The third-order valence-electron chi connectivity index (χ3n) is 4.54. The van der Waals surface area contributed by atoms with Gasteiger partial charge in [-0.05, 0) is 68.5 Å². The van der Waals surface area contributed by atoms with Gasteiger partial charge < -0.3 is 14.5 Å². The van der Waals surface area contributed by atoms with Crippen LogP contribution in [0, 0.1) is 0 Å². The molecule has 2 aromatic carbocycles. The van der Waals surface area contributed by atoms with Gasteiger partial charge in [0.15, 0.2) is 0 Å². The van der Waals surface area contributed by atoms with Crippen molar-refractivity contribution in [3.8, 4) is 11.5 Å². The molecule has 0 aliphatic carbocycles. The van der Waals surface area contributed by atoms with Gasteiger partial charge in [0.05, 0.1) is 6.20 Å². The lowest BCUT2D eigenvalue weighted by Gasteiger charge is -2.21. The first-order valence-corrected chi connectivity index (χ1v) is 9.75. The SMILES string of the molecule is CCN(Cc1ccc(CN(C)C)cc1)C(=O)c1ccc(Oc2cccnc2)cc1. The Bertz CT molecular complexity index is 907. The Kier molecular flexibility index (Phi) is 6.98. The first-order chi connectivity index (χ1) is 14.0. The molecule has 5 heteroatoms. The zero-order valence-electron chi connectivity index (χ0n) is 17.2. The Balaban J connectivity index is 1.64. The zero-order chi connectivity index (χ0) is 20.6. The summed E-state index contributed by atoms with van der Waals surface area (Å²) in [7, 11) is 4.11. The maximum atomic E-state index is 12.9. The number of pyridine rings is 1. The molecule has 0 saturated carbocycles. The number of carbonyl (C=O) groups is 1. The molecule has 0 bridgehead atoms. The van der Waals surface area contributed by atoms with Gasteiger partial charge in [-0.15, -0.1) is 0 Å². The van der Waals surface area contributed by atoms with Gasteiger partial charge >= 0.3 is 0 Å². The quantitative estimate of drug-likeness (QED) is 0.565. The molecule has 0 aliphatic rings. The number of hydrogen-bond acceptors (Lipinski definition) is 4. The topological polar surface area (TPSA) is 45.7 Å². The van der Waals surface area contributed by atoms with E-state index >= 15 is 0 Å². The van der Waals surface area contributed by atoms with E-state index in [2.05, 4.69) is 48.2 Å². The molecule has 1 heterocycles. The Hall–Kier alpha value is -3.18. The first kappa shape index (κ1) is 20.6. The van der Waals surface area contributed by atoms with Crippen LogP contribution in [0.15, 0.2) is 73.1 Å². The fourth-order valence-corrected chi connectivity index (χ4v) is 3.05. The van der Waals surface area contributed by atoms with Crippen molar-refractivity contribution < 1.29 is 9.53 Å². The number of nitrogens with zero attached hydrogens (tertiary/aromatic N) is 3. The molecule has 1 amide bonds. The van der Waals surface area contributed by atoms with E-state index in [1.165, 1.54) is 5.56 Å². The maximum absolute atomic E-state index is 12.9. The second kappa shape index (κ2) is 9.85. The number of ether oxygens (including phenoxy) is 1. The van der Waals surface area contributed by atoms with E-state index in [1.54, 1.807) is 24.5 Å². The molecular weight excluding hydrogens is 362 g/mol.